The van der Waals surface area contributed by atoms with Gasteiger partial charge >= 0.3 is 0 Å². The highest BCUT2D eigenvalue weighted by atomic mass is 16.5. The zero-order valence-corrected chi connectivity index (χ0v) is 7.68. The van der Waals surface area contributed by atoms with Gasteiger partial charge in [0, 0.05) is 13.7 Å². The molecule has 0 bridgehead atoms. The second kappa shape index (κ2) is 4.73. The Morgan fingerprint density at radius 2 is 2.18 bits per heavy atom. The van der Waals surface area contributed by atoms with E-state index in [1.165, 1.54) is 38.9 Å². The summed E-state index contributed by atoms with van der Waals surface area (Å²) in [5.74, 6) is 0. The molecule has 1 fully saturated rings. The molecule has 0 radical (unpaired) electrons. The summed E-state index contributed by atoms with van der Waals surface area (Å²) in [6.45, 7) is 5.90. The molecule has 0 aromatic heterocycles. The van der Waals surface area contributed by atoms with Gasteiger partial charge in [-0.15, -0.1) is 0 Å². The van der Waals surface area contributed by atoms with Crippen LogP contribution < -0.4 is 0 Å². The van der Waals surface area contributed by atoms with Crippen LogP contribution in [0.2, 0.25) is 0 Å². The van der Waals surface area contributed by atoms with Gasteiger partial charge in [-0.05, 0) is 32.4 Å². The van der Waals surface area contributed by atoms with Gasteiger partial charge in [0.1, 0.15) is 0 Å². The van der Waals surface area contributed by atoms with Gasteiger partial charge in [-0.2, -0.15) is 0 Å². The molecule has 0 saturated carbocycles. The molecule has 0 aromatic carbocycles. The summed E-state index contributed by atoms with van der Waals surface area (Å²) >= 11 is 0. The average Bonchev–Trinajstić information content (AvgIpc) is 2.28. The van der Waals surface area contributed by atoms with Crippen molar-refractivity contribution in [1.29, 1.82) is 0 Å². The average molecular weight is 157 g/mol. The number of nitrogens with zero attached hydrogens (tertiary/aromatic N) is 1. The maximum absolute atomic E-state index is 5.34. The Bertz CT molecular complexity index is 93.7. The molecule has 0 aromatic rings. The number of methoxy groups -OCH3 is 1. The van der Waals surface area contributed by atoms with Crippen LogP contribution in [0, 0.1) is 0 Å². The number of likely N-dealkylation sites (tertiary alicyclic amines) is 1. The van der Waals surface area contributed by atoms with Crippen molar-refractivity contribution in [3.05, 3.63) is 0 Å². The molecule has 0 spiro atoms. The van der Waals surface area contributed by atoms with Gasteiger partial charge in [0.15, 0.2) is 0 Å². The normalized spacial score (nSPS) is 28.4. The van der Waals surface area contributed by atoms with Crippen LogP contribution in [0.25, 0.3) is 0 Å². The van der Waals surface area contributed by atoms with Crippen LogP contribution >= 0.6 is 0 Å². The fraction of sp³-hybridized carbons (Fsp3) is 1.00. The Hall–Kier alpha value is -0.0800. The molecule has 1 atom stereocenters. The molecule has 1 heterocycles. The maximum Gasteiger partial charge on any atom is 0.0584 e. The van der Waals surface area contributed by atoms with Crippen LogP contribution in [0.4, 0.5) is 0 Å². The quantitative estimate of drug-likeness (QED) is 0.602. The van der Waals surface area contributed by atoms with E-state index in [2.05, 4.69) is 11.8 Å². The Morgan fingerprint density at radius 3 is 2.82 bits per heavy atom. The van der Waals surface area contributed by atoms with Crippen LogP contribution in [0.5, 0.6) is 0 Å². The monoisotopic (exact) mass is 157 g/mol. The van der Waals surface area contributed by atoms with Crippen LogP contribution in [-0.2, 0) is 4.74 Å². The minimum absolute atomic E-state index is 0.520. The van der Waals surface area contributed by atoms with Gasteiger partial charge in [0.05, 0.1) is 6.10 Å². The summed E-state index contributed by atoms with van der Waals surface area (Å²) < 4.78 is 5.34. The van der Waals surface area contributed by atoms with Gasteiger partial charge in [0.2, 0.25) is 0 Å². The van der Waals surface area contributed by atoms with Gasteiger partial charge in [-0.3, -0.25) is 0 Å². The van der Waals surface area contributed by atoms with Crippen LogP contribution in [0.15, 0.2) is 0 Å². The summed E-state index contributed by atoms with van der Waals surface area (Å²) in [6.07, 6.45) is 4.27. The summed E-state index contributed by atoms with van der Waals surface area (Å²) in [5, 5.41) is 0. The molecular weight excluding hydrogens is 138 g/mol. The Kier molecular flexibility index (Phi) is 3.87. The number of ether oxygens (including phenoxy) is 1. The van der Waals surface area contributed by atoms with E-state index in [0.29, 0.717) is 6.10 Å². The molecule has 1 aliphatic rings. The van der Waals surface area contributed by atoms with E-state index in [9.17, 15) is 0 Å². The van der Waals surface area contributed by atoms with Crippen molar-refractivity contribution < 1.29 is 4.74 Å². The zero-order valence-electron chi connectivity index (χ0n) is 7.68. The molecule has 1 aliphatic heterocycles. The summed E-state index contributed by atoms with van der Waals surface area (Å²) in [5.41, 5.74) is 0. The van der Waals surface area contributed by atoms with Gasteiger partial charge in [-0.25, -0.2) is 0 Å². The van der Waals surface area contributed by atoms with Gasteiger partial charge < -0.3 is 9.64 Å². The zero-order chi connectivity index (χ0) is 8.10. The second-order valence-corrected chi connectivity index (χ2v) is 3.22. The fourth-order valence-corrected chi connectivity index (χ4v) is 1.68. The lowest BCUT2D eigenvalue weighted by molar-refractivity contribution is 0.0900. The molecule has 1 saturated heterocycles. The standard InChI is InChI=1S/C9H19NO/c1-3-10-7-4-5-9(11-2)6-8-10/h9H,3-8H2,1-2H3/t9-/m0/s1. The van der Waals surface area contributed by atoms with Crippen molar-refractivity contribution >= 4 is 0 Å². The van der Waals surface area contributed by atoms with Crippen molar-refractivity contribution in [2.75, 3.05) is 26.7 Å². The van der Waals surface area contributed by atoms with E-state index < -0.39 is 0 Å². The molecule has 2 heteroatoms. The summed E-state index contributed by atoms with van der Waals surface area (Å²) in [7, 11) is 1.83. The van der Waals surface area contributed by atoms with Gasteiger partial charge in [0.25, 0.3) is 0 Å². The lowest BCUT2D eigenvalue weighted by Gasteiger charge is -2.16. The first-order valence-electron chi connectivity index (χ1n) is 4.62. The van der Waals surface area contributed by atoms with Crippen LogP contribution in [-0.4, -0.2) is 37.7 Å². The molecular formula is C9H19NO. The minimum Gasteiger partial charge on any atom is -0.381 e. The lowest BCUT2D eigenvalue weighted by atomic mass is 10.2. The third-order valence-electron chi connectivity index (χ3n) is 2.55. The van der Waals surface area contributed by atoms with Crippen LogP contribution in [0.3, 0.4) is 0 Å². The highest BCUT2D eigenvalue weighted by Gasteiger charge is 2.14. The highest BCUT2D eigenvalue weighted by molar-refractivity contribution is 4.68. The van der Waals surface area contributed by atoms with Crippen molar-refractivity contribution in [1.82, 2.24) is 4.90 Å². The van der Waals surface area contributed by atoms with E-state index >= 15 is 0 Å². The summed E-state index contributed by atoms with van der Waals surface area (Å²) in [6, 6.07) is 0. The molecule has 0 unspecified atom stereocenters. The van der Waals surface area contributed by atoms with Crippen molar-refractivity contribution in [2.24, 2.45) is 0 Å². The first-order chi connectivity index (χ1) is 5.36. The van der Waals surface area contributed by atoms with E-state index in [1.54, 1.807) is 0 Å². The van der Waals surface area contributed by atoms with E-state index in [4.69, 9.17) is 4.74 Å². The summed E-state index contributed by atoms with van der Waals surface area (Å²) in [4.78, 5) is 2.50. The highest BCUT2D eigenvalue weighted by Crippen LogP contribution is 2.12. The predicted octanol–water partition coefficient (Wildman–Crippen LogP) is 1.51. The number of hydrogen-bond donors (Lipinski definition) is 0. The molecule has 0 amide bonds. The molecule has 0 aliphatic carbocycles. The molecule has 11 heavy (non-hydrogen) atoms. The van der Waals surface area contributed by atoms with E-state index in [0.717, 1.165) is 0 Å². The minimum atomic E-state index is 0.520. The van der Waals surface area contributed by atoms with Crippen molar-refractivity contribution in [3.63, 3.8) is 0 Å². The molecule has 1 rings (SSSR count). The van der Waals surface area contributed by atoms with Crippen molar-refractivity contribution in [3.8, 4) is 0 Å². The molecule has 2 nitrogen and oxygen atoms in total. The predicted molar refractivity (Wildman–Crippen MR) is 46.8 cm³/mol. The SMILES string of the molecule is CCN1CCC[C@H](OC)CC1. The van der Waals surface area contributed by atoms with Crippen molar-refractivity contribution in [2.45, 2.75) is 32.3 Å². The van der Waals surface area contributed by atoms with Gasteiger partial charge in [-0.1, -0.05) is 6.92 Å². The number of hydrogen-bond acceptors (Lipinski definition) is 2. The Labute approximate surface area is 69.5 Å². The lowest BCUT2D eigenvalue weighted by Crippen LogP contribution is -2.24. The topological polar surface area (TPSA) is 12.5 Å². The molecule has 66 valence electrons. The third kappa shape index (κ3) is 2.80. The largest absolute Gasteiger partial charge is 0.381 e. The first kappa shape index (κ1) is 9.01. The molecule has 0 N–H and O–H groups in total. The Morgan fingerprint density at radius 1 is 1.36 bits per heavy atom. The van der Waals surface area contributed by atoms with E-state index in [1.807, 2.05) is 7.11 Å². The first-order valence-corrected chi connectivity index (χ1v) is 4.62. The smallest absolute Gasteiger partial charge is 0.0584 e. The number of rotatable bonds is 2. The maximum atomic E-state index is 5.34. The Balaban J connectivity index is 2.27. The second-order valence-electron chi connectivity index (χ2n) is 3.22. The van der Waals surface area contributed by atoms with Crippen LogP contribution in [0.1, 0.15) is 26.2 Å². The third-order valence-corrected chi connectivity index (χ3v) is 2.55. The van der Waals surface area contributed by atoms with E-state index in [-0.39, 0.29) is 0 Å². The fourth-order valence-electron chi connectivity index (χ4n) is 1.68.